The number of allylic oxidation sites excluding steroid dienone is 1. The Balaban J connectivity index is 2.08. The smallest absolute Gasteiger partial charge is 0.334 e. The van der Waals surface area contributed by atoms with Crippen molar-refractivity contribution >= 4 is 5.97 Å². The lowest BCUT2D eigenvalue weighted by atomic mass is 9.98. The van der Waals surface area contributed by atoms with Crippen molar-refractivity contribution in [2.45, 2.75) is 18.4 Å². The predicted octanol–water partition coefficient (Wildman–Crippen LogP) is 0.826. The van der Waals surface area contributed by atoms with E-state index in [1.807, 2.05) is 30.3 Å². The normalized spacial score (nSPS) is 20.1. The molecule has 0 atom stereocenters. The van der Waals surface area contributed by atoms with Crippen molar-refractivity contribution in [1.82, 2.24) is 0 Å². The number of cyclic esters (lactones) is 1. The monoisotopic (exact) mass is 248 g/mol. The van der Waals surface area contributed by atoms with Gasteiger partial charge in [0.05, 0.1) is 13.2 Å². The molecule has 1 heterocycles. The Morgan fingerprint density at radius 1 is 1.22 bits per heavy atom. The van der Waals surface area contributed by atoms with Crippen LogP contribution in [0.4, 0.5) is 0 Å². The van der Waals surface area contributed by atoms with Gasteiger partial charge in [0.2, 0.25) is 0 Å². The van der Waals surface area contributed by atoms with E-state index in [0.29, 0.717) is 12.0 Å². The fourth-order valence-electron chi connectivity index (χ4n) is 1.95. The molecule has 2 rings (SSSR count). The maximum absolute atomic E-state index is 11.6. The number of hydrogen-bond acceptors (Lipinski definition) is 4. The van der Waals surface area contributed by atoms with E-state index in [-0.39, 0.29) is 19.6 Å². The van der Waals surface area contributed by atoms with Crippen LogP contribution in [0.1, 0.15) is 12.0 Å². The molecule has 0 bridgehead atoms. The van der Waals surface area contributed by atoms with Crippen molar-refractivity contribution in [2.24, 2.45) is 0 Å². The van der Waals surface area contributed by atoms with Crippen LogP contribution in [0.25, 0.3) is 0 Å². The molecule has 2 N–H and O–H groups in total. The summed E-state index contributed by atoms with van der Waals surface area (Å²) in [6.45, 7) is -0.726. The van der Waals surface area contributed by atoms with Gasteiger partial charge in [0.1, 0.15) is 0 Å². The third-order valence-electron chi connectivity index (χ3n) is 3.09. The molecule has 1 aliphatic rings. The van der Waals surface area contributed by atoms with Gasteiger partial charge < -0.3 is 14.9 Å². The Labute approximate surface area is 106 Å². The summed E-state index contributed by atoms with van der Waals surface area (Å²) in [4.78, 5) is 11.6. The second kappa shape index (κ2) is 5.33. The second-order valence-corrected chi connectivity index (χ2v) is 4.48. The second-order valence-electron chi connectivity index (χ2n) is 4.48. The maximum atomic E-state index is 11.6. The number of aliphatic hydroxyl groups is 2. The van der Waals surface area contributed by atoms with Gasteiger partial charge >= 0.3 is 5.97 Å². The summed E-state index contributed by atoms with van der Waals surface area (Å²) < 4.78 is 5.04. The first-order valence-corrected chi connectivity index (χ1v) is 5.87. The number of hydrogen-bond donors (Lipinski definition) is 2. The molecule has 1 fully saturated rings. The van der Waals surface area contributed by atoms with Gasteiger partial charge in [-0.2, -0.15) is 0 Å². The largest absolute Gasteiger partial charge is 0.450 e. The van der Waals surface area contributed by atoms with Gasteiger partial charge in [-0.3, -0.25) is 0 Å². The highest BCUT2D eigenvalue weighted by Gasteiger charge is 2.42. The highest BCUT2D eigenvalue weighted by Crippen LogP contribution is 2.30. The molecule has 4 heteroatoms. The molecule has 0 radical (unpaired) electrons. The summed E-state index contributed by atoms with van der Waals surface area (Å²) >= 11 is 0. The van der Waals surface area contributed by atoms with Crippen LogP contribution in [-0.2, 0) is 16.0 Å². The van der Waals surface area contributed by atoms with Crippen LogP contribution >= 0.6 is 0 Å². The minimum Gasteiger partial charge on any atom is -0.450 e. The summed E-state index contributed by atoms with van der Waals surface area (Å²) in [5.74, 6) is -0.450. The molecule has 0 amide bonds. The zero-order valence-electron chi connectivity index (χ0n) is 10.0. The van der Waals surface area contributed by atoms with Crippen LogP contribution in [0, 0.1) is 0 Å². The van der Waals surface area contributed by atoms with Crippen LogP contribution < -0.4 is 0 Å². The Bertz CT molecular complexity index is 446. The molecular weight excluding hydrogens is 232 g/mol. The van der Waals surface area contributed by atoms with Crippen molar-refractivity contribution in [1.29, 1.82) is 0 Å². The molecular formula is C14H16O4. The lowest BCUT2D eigenvalue weighted by Crippen LogP contribution is -2.37. The quantitative estimate of drug-likeness (QED) is 0.611. The third-order valence-corrected chi connectivity index (χ3v) is 3.09. The van der Waals surface area contributed by atoms with Gasteiger partial charge in [0.25, 0.3) is 0 Å². The van der Waals surface area contributed by atoms with E-state index in [4.69, 9.17) is 4.74 Å². The van der Waals surface area contributed by atoms with Crippen LogP contribution in [0.3, 0.4) is 0 Å². The molecule has 0 aliphatic carbocycles. The van der Waals surface area contributed by atoms with Gasteiger partial charge in [0.15, 0.2) is 5.60 Å². The molecule has 4 nitrogen and oxygen atoms in total. The van der Waals surface area contributed by atoms with Crippen LogP contribution in [0.2, 0.25) is 0 Å². The Morgan fingerprint density at radius 3 is 2.44 bits per heavy atom. The fourth-order valence-corrected chi connectivity index (χ4v) is 1.95. The lowest BCUT2D eigenvalue weighted by Gasteiger charge is -2.21. The summed E-state index contributed by atoms with van der Waals surface area (Å²) in [5.41, 5.74) is 0.477. The molecule has 18 heavy (non-hydrogen) atoms. The SMILES string of the molecule is O=C1OC(CO)(CO)C/C1=C\Cc1ccccc1. The molecule has 0 unspecified atom stereocenters. The van der Waals surface area contributed by atoms with Gasteiger partial charge in [-0.25, -0.2) is 4.79 Å². The van der Waals surface area contributed by atoms with Crippen LogP contribution in [-0.4, -0.2) is 35.0 Å². The number of benzene rings is 1. The number of ether oxygens (including phenoxy) is 1. The van der Waals surface area contributed by atoms with Crippen molar-refractivity contribution in [2.75, 3.05) is 13.2 Å². The van der Waals surface area contributed by atoms with Crippen molar-refractivity contribution in [3.8, 4) is 0 Å². The number of carbonyl (C=O) groups excluding carboxylic acids is 1. The maximum Gasteiger partial charge on any atom is 0.334 e. The van der Waals surface area contributed by atoms with Crippen LogP contribution in [0.15, 0.2) is 42.0 Å². The van der Waals surface area contributed by atoms with E-state index in [2.05, 4.69) is 0 Å². The Kier molecular flexibility index (Phi) is 3.79. The molecule has 1 aromatic carbocycles. The van der Waals surface area contributed by atoms with Gasteiger partial charge in [-0.05, 0) is 12.0 Å². The molecule has 1 aliphatic heterocycles. The first kappa shape index (κ1) is 12.8. The Hall–Kier alpha value is -1.65. The average Bonchev–Trinajstić information content (AvgIpc) is 2.75. The zero-order chi connectivity index (χ0) is 13.0. The standard InChI is InChI=1S/C14H16O4/c15-9-14(10-16)8-12(13(17)18-14)7-6-11-4-2-1-3-5-11/h1-5,7,15-16H,6,8-10H2/b12-7+. The number of esters is 1. The first-order chi connectivity index (χ1) is 8.69. The number of aliphatic hydroxyl groups excluding tert-OH is 2. The molecule has 0 saturated carbocycles. The van der Waals surface area contributed by atoms with Crippen molar-refractivity contribution in [3.63, 3.8) is 0 Å². The highest BCUT2D eigenvalue weighted by atomic mass is 16.6. The van der Waals surface area contributed by atoms with Crippen LogP contribution in [0.5, 0.6) is 0 Å². The third kappa shape index (κ3) is 2.60. The molecule has 0 aromatic heterocycles. The zero-order valence-corrected chi connectivity index (χ0v) is 10.0. The molecule has 1 aromatic rings. The molecule has 0 spiro atoms. The highest BCUT2D eigenvalue weighted by molar-refractivity contribution is 5.91. The van der Waals surface area contributed by atoms with E-state index in [0.717, 1.165) is 5.56 Å². The first-order valence-electron chi connectivity index (χ1n) is 5.87. The average molecular weight is 248 g/mol. The van der Waals surface area contributed by atoms with E-state index in [1.165, 1.54) is 0 Å². The lowest BCUT2D eigenvalue weighted by molar-refractivity contribution is -0.154. The minimum atomic E-state index is -1.14. The fraction of sp³-hybridized carbons (Fsp3) is 0.357. The van der Waals surface area contributed by atoms with Crippen molar-refractivity contribution < 1.29 is 19.7 Å². The van der Waals surface area contributed by atoms with Crippen molar-refractivity contribution in [3.05, 3.63) is 47.5 Å². The van der Waals surface area contributed by atoms with E-state index < -0.39 is 11.6 Å². The summed E-state index contributed by atoms with van der Waals surface area (Å²) in [6, 6.07) is 9.76. The van der Waals surface area contributed by atoms with E-state index in [1.54, 1.807) is 6.08 Å². The number of rotatable bonds is 4. The minimum absolute atomic E-state index is 0.256. The van der Waals surface area contributed by atoms with Gasteiger partial charge in [-0.1, -0.05) is 36.4 Å². The van der Waals surface area contributed by atoms with E-state index >= 15 is 0 Å². The molecule has 1 saturated heterocycles. The number of carbonyl (C=O) groups is 1. The predicted molar refractivity (Wildman–Crippen MR) is 65.8 cm³/mol. The van der Waals surface area contributed by atoms with E-state index in [9.17, 15) is 15.0 Å². The van der Waals surface area contributed by atoms with Gasteiger partial charge in [-0.15, -0.1) is 0 Å². The Morgan fingerprint density at radius 2 is 1.89 bits per heavy atom. The topological polar surface area (TPSA) is 66.8 Å². The summed E-state index contributed by atoms with van der Waals surface area (Å²) in [6.07, 6.45) is 2.69. The summed E-state index contributed by atoms with van der Waals surface area (Å²) in [7, 11) is 0. The van der Waals surface area contributed by atoms with Gasteiger partial charge in [0, 0.05) is 12.0 Å². The molecule has 96 valence electrons. The summed E-state index contributed by atoms with van der Waals surface area (Å²) in [5, 5.41) is 18.3.